The smallest absolute Gasteiger partial charge is 0.312 e. The van der Waals surface area contributed by atoms with Crippen LogP contribution < -0.4 is 0 Å². The Balaban J connectivity index is 1.58. The number of ether oxygens (including phenoxy) is 1. The van der Waals surface area contributed by atoms with Crippen molar-refractivity contribution >= 4 is 16.1 Å². The average Bonchev–Trinajstić information content (AvgIpc) is 2.99. The van der Waals surface area contributed by atoms with Crippen molar-refractivity contribution in [1.29, 1.82) is 0 Å². The average molecular weight is 338 g/mol. The quantitative estimate of drug-likeness (QED) is 0.623. The fourth-order valence-corrected chi connectivity index (χ4v) is 4.37. The summed E-state index contributed by atoms with van der Waals surface area (Å²) in [5.41, 5.74) is 0.666. The van der Waals surface area contributed by atoms with Crippen LogP contribution in [0.25, 0.3) is 0 Å². The molecule has 1 aromatic carbocycles. The van der Waals surface area contributed by atoms with Crippen LogP contribution in [0, 0.1) is 12.3 Å². The van der Waals surface area contributed by atoms with Gasteiger partial charge in [-0.05, 0) is 44.7 Å². The van der Waals surface area contributed by atoms with Crippen LogP contribution in [-0.2, 0) is 23.8 Å². The molecular formula is C17H22O5S. The minimum atomic E-state index is -3.81. The molecule has 1 aliphatic carbocycles. The second-order valence-electron chi connectivity index (χ2n) is 6.61. The van der Waals surface area contributed by atoms with Crippen molar-refractivity contribution in [2.24, 2.45) is 5.41 Å². The molecule has 2 aliphatic rings. The van der Waals surface area contributed by atoms with E-state index >= 15 is 0 Å². The van der Waals surface area contributed by atoms with Crippen molar-refractivity contribution in [2.75, 3.05) is 6.61 Å². The van der Waals surface area contributed by atoms with Crippen molar-refractivity contribution < 1.29 is 22.1 Å². The zero-order chi connectivity index (χ0) is 16.5. The monoisotopic (exact) mass is 338 g/mol. The predicted octanol–water partition coefficient (Wildman–Crippen LogP) is 2.97. The summed E-state index contributed by atoms with van der Waals surface area (Å²) in [6, 6.07) is 6.48. The number of esters is 1. The maximum Gasteiger partial charge on any atom is 0.312 e. The lowest BCUT2D eigenvalue weighted by atomic mass is 9.79. The molecule has 0 N–H and O–H groups in total. The van der Waals surface area contributed by atoms with Gasteiger partial charge >= 0.3 is 5.97 Å². The van der Waals surface area contributed by atoms with Crippen molar-refractivity contribution in [2.45, 2.75) is 56.4 Å². The maximum atomic E-state index is 12.2. The first-order valence-corrected chi connectivity index (χ1v) is 9.49. The first kappa shape index (κ1) is 16.5. The number of hydrogen-bond donors (Lipinski definition) is 0. The third-order valence-corrected chi connectivity index (χ3v) is 6.23. The SMILES string of the molecule is Cc1ccc(S(=O)(=O)OC[C@@H]2CCC3(CCCC3)C(=O)O2)cc1. The number of hydrogen-bond acceptors (Lipinski definition) is 5. The molecule has 0 amide bonds. The Morgan fingerprint density at radius 2 is 1.83 bits per heavy atom. The summed E-state index contributed by atoms with van der Waals surface area (Å²) in [4.78, 5) is 12.4. The zero-order valence-corrected chi connectivity index (χ0v) is 14.1. The summed E-state index contributed by atoms with van der Waals surface area (Å²) in [6.45, 7) is 1.77. The van der Waals surface area contributed by atoms with Crippen LogP contribution in [0.2, 0.25) is 0 Å². The number of aryl methyl sites for hydroxylation is 1. The number of benzene rings is 1. The van der Waals surface area contributed by atoms with E-state index in [4.69, 9.17) is 8.92 Å². The number of carbonyl (C=O) groups is 1. The second-order valence-corrected chi connectivity index (χ2v) is 8.22. The van der Waals surface area contributed by atoms with Gasteiger partial charge in [0.05, 0.1) is 10.3 Å². The molecule has 1 aliphatic heterocycles. The van der Waals surface area contributed by atoms with Gasteiger partial charge in [0.1, 0.15) is 12.7 Å². The minimum absolute atomic E-state index is 0.113. The molecule has 1 saturated heterocycles. The third kappa shape index (κ3) is 3.43. The minimum Gasteiger partial charge on any atom is -0.459 e. The number of cyclic esters (lactones) is 1. The summed E-state index contributed by atoms with van der Waals surface area (Å²) < 4.78 is 34.8. The first-order chi connectivity index (χ1) is 10.9. The van der Waals surface area contributed by atoms with Gasteiger partial charge in [0.25, 0.3) is 10.1 Å². The van der Waals surface area contributed by atoms with Gasteiger partial charge < -0.3 is 4.74 Å². The molecule has 3 rings (SSSR count). The fourth-order valence-electron chi connectivity index (χ4n) is 3.44. The van der Waals surface area contributed by atoms with E-state index in [-0.39, 0.29) is 22.9 Å². The van der Waals surface area contributed by atoms with E-state index in [0.29, 0.717) is 6.42 Å². The largest absolute Gasteiger partial charge is 0.459 e. The molecule has 1 aromatic rings. The molecule has 1 atom stereocenters. The highest BCUT2D eigenvalue weighted by Gasteiger charge is 2.46. The van der Waals surface area contributed by atoms with Crippen molar-refractivity contribution in [3.8, 4) is 0 Å². The van der Waals surface area contributed by atoms with E-state index in [0.717, 1.165) is 37.7 Å². The number of carbonyl (C=O) groups excluding carboxylic acids is 1. The molecule has 0 aromatic heterocycles. The Hall–Kier alpha value is -1.40. The van der Waals surface area contributed by atoms with Gasteiger partial charge in [0.15, 0.2) is 0 Å². The predicted molar refractivity (Wildman–Crippen MR) is 84.3 cm³/mol. The van der Waals surface area contributed by atoms with Crippen LogP contribution in [-0.4, -0.2) is 27.1 Å². The highest BCUT2D eigenvalue weighted by atomic mass is 32.2. The Morgan fingerprint density at radius 1 is 1.17 bits per heavy atom. The molecule has 1 heterocycles. The van der Waals surface area contributed by atoms with Crippen molar-refractivity contribution in [1.82, 2.24) is 0 Å². The van der Waals surface area contributed by atoms with Gasteiger partial charge in [-0.2, -0.15) is 8.42 Å². The van der Waals surface area contributed by atoms with Crippen molar-refractivity contribution in [3.05, 3.63) is 29.8 Å². The summed E-state index contributed by atoms with van der Waals surface area (Å²) in [5.74, 6) is -0.178. The lowest BCUT2D eigenvalue weighted by Crippen LogP contribution is -2.41. The molecule has 126 valence electrons. The van der Waals surface area contributed by atoms with Crippen LogP contribution in [0.5, 0.6) is 0 Å². The van der Waals surface area contributed by atoms with Crippen LogP contribution in [0.4, 0.5) is 0 Å². The summed E-state index contributed by atoms with van der Waals surface area (Å²) in [5, 5.41) is 0. The lowest BCUT2D eigenvalue weighted by molar-refractivity contribution is -0.171. The Morgan fingerprint density at radius 3 is 2.43 bits per heavy atom. The van der Waals surface area contributed by atoms with Gasteiger partial charge in [0.2, 0.25) is 0 Å². The molecule has 0 radical (unpaired) electrons. The molecule has 1 saturated carbocycles. The highest BCUT2D eigenvalue weighted by molar-refractivity contribution is 7.86. The molecule has 0 unspecified atom stereocenters. The molecular weight excluding hydrogens is 316 g/mol. The molecule has 23 heavy (non-hydrogen) atoms. The molecule has 6 heteroatoms. The summed E-state index contributed by atoms with van der Waals surface area (Å²) in [6.07, 6.45) is 4.87. The van der Waals surface area contributed by atoms with Crippen LogP contribution in [0.15, 0.2) is 29.2 Å². The summed E-state index contributed by atoms with van der Waals surface area (Å²) in [7, 11) is -3.81. The van der Waals surface area contributed by atoms with E-state index in [1.54, 1.807) is 12.1 Å². The van der Waals surface area contributed by atoms with E-state index in [1.165, 1.54) is 12.1 Å². The molecule has 0 bridgehead atoms. The van der Waals surface area contributed by atoms with Gasteiger partial charge in [-0.3, -0.25) is 8.98 Å². The zero-order valence-electron chi connectivity index (χ0n) is 13.3. The van der Waals surface area contributed by atoms with Crippen LogP contribution in [0.1, 0.15) is 44.1 Å². The van der Waals surface area contributed by atoms with E-state index in [9.17, 15) is 13.2 Å². The van der Waals surface area contributed by atoms with Gasteiger partial charge in [0, 0.05) is 0 Å². The maximum absolute atomic E-state index is 12.2. The van der Waals surface area contributed by atoms with E-state index in [2.05, 4.69) is 0 Å². The standard InChI is InChI=1S/C17H22O5S/c1-13-4-6-15(7-5-13)23(19,20)21-12-14-8-11-17(16(18)22-14)9-2-3-10-17/h4-7,14H,2-3,8-12H2,1H3/t14-/m0/s1. The van der Waals surface area contributed by atoms with Crippen LogP contribution in [0.3, 0.4) is 0 Å². The van der Waals surface area contributed by atoms with Gasteiger partial charge in [-0.1, -0.05) is 30.5 Å². The third-order valence-electron chi connectivity index (χ3n) is 4.93. The molecule has 1 spiro atoms. The van der Waals surface area contributed by atoms with Crippen molar-refractivity contribution in [3.63, 3.8) is 0 Å². The van der Waals surface area contributed by atoms with E-state index in [1.807, 2.05) is 6.92 Å². The first-order valence-electron chi connectivity index (χ1n) is 8.09. The highest BCUT2D eigenvalue weighted by Crippen LogP contribution is 2.46. The van der Waals surface area contributed by atoms with Crippen LogP contribution >= 0.6 is 0 Å². The van der Waals surface area contributed by atoms with Gasteiger partial charge in [-0.25, -0.2) is 0 Å². The summed E-state index contributed by atoms with van der Waals surface area (Å²) >= 11 is 0. The number of rotatable bonds is 4. The van der Waals surface area contributed by atoms with E-state index < -0.39 is 16.2 Å². The molecule has 2 fully saturated rings. The Kier molecular flexibility index (Phi) is 4.47. The second kappa shape index (κ2) is 6.24. The lowest BCUT2D eigenvalue weighted by Gasteiger charge is -2.35. The fraction of sp³-hybridized carbons (Fsp3) is 0.588. The Bertz CT molecular complexity index is 671. The van der Waals surface area contributed by atoms with Gasteiger partial charge in [-0.15, -0.1) is 0 Å². The molecule has 5 nitrogen and oxygen atoms in total. The normalized spacial score (nSPS) is 23.9. The Labute approximate surface area is 137 Å². The topological polar surface area (TPSA) is 69.7 Å².